The van der Waals surface area contributed by atoms with Gasteiger partial charge in [0.2, 0.25) is 10.0 Å². The number of fused-ring (bicyclic) bond motifs is 1. The van der Waals surface area contributed by atoms with E-state index in [1.54, 1.807) is 19.2 Å². The number of aromatic nitrogens is 1. The molecule has 1 heterocycles. The SMILES string of the molecule is CN(C1CCCCC1)S(=O)(=O)c1ccc(C(=O)Nc2nc(-c3ccc4ccccc4c3)cs2)cc1. The van der Waals surface area contributed by atoms with E-state index in [0.717, 1.165) is 54.1 Å². The summed E-state index contributed by atoms with van der Waals surface area (Å²) in [5.41, 5.74) is 2.16. The molecule has 3 aromatic carbocycles. The van der Waals surface area contributed by atoms with Crippen LogP contribution in [-0.2, 0) is 10.0 Å². The zero-order valence-electron chi connectivity index (χ0n) is 19.5. The molecular weight excluding hydrogens is 478 g/mol. The fourth-order valence-electron chi connectivity index (χ4n) is 4.57. The number of nitrogens with zero attached hydrogens (tertiary/aromatic N) is 2. The first-order valence-electron chi connectivity index (χ1n) is 11.8. The summed E-state index contributed by atoms with van der Waals surface area (Å²) in [7, 11) is -1.94. The molecule has 1 fully saturated rings. The Hall–Kier alpha value is -3.07. The Labute approximate surface area is 209 Å². The molecule has 1 N–H and O–H groups in total. The van der Waals surface area contributed by atoms with Crippen molar-refractivity contribution in [2.45, 2.75) is 43.0 Å². The Kier molecular flexibility index (Phi) is 6.69. The molecule has 1 aromatic heterocycles. The second kappa shape index (κ2) is 9.89. The monoisotopic (exact) mass is 505 g/mol. The van der Waals surface area contributed by atoms with Crippen LogP contribution in [0.3, 0.4) is 0 Å². The van der Waals surface area contributed by atoms with Gasteiger partial charge in [-0.1, -0.05) is 55.7 Å². The van der Waals surface area contributed by atoms with Crippen molar-refractivity contribution in [2.24, 2.45) is 0 Å². The summed E-state index contributed by atoms with van der Waals surface area (Å²) in [6.07, 6.45) is 5.07. The molecule has 1 aliphatic carbocycles. The molecule has 0 spiro atoms. The minimum absolute atomic E-state index is 0.0402. The fraction of sp³-hybridized carbons (Fsp3) is 0.259. The zero-order valence-corrected chi connectivity index (χ0v) is 21.1. The number of amides is 1. The second-order valence-corrected chi connectivity index (χ2v) is 11.7. The number of carbonyl (C=O) groups is 1. The van der Waals surface area contributed by atoms with Gasteiger partial charge in [-0.15, -0.1) is 11.3 Å². The molecule has 4 aromatic rings. The highest BCUT2D eigenvalue weighted by Gasteiger charge is 2.29. The molecule has 0 saturated heterocycles. The summed E-state index contributed by atoms with van der Waals surface area (Å²) < 4.78 is 27.6. The molecule has 0 bridgehead atoms. The smallest absolute Gasteiger partial charge is 0.257 e. The molecule has 180 valence electrons. The summed E-state index contributed by atoms with van der Waals surface area (Å²) >= 11 is 1.35. The third kappa shape index (κ3) is 5.00. The highest BCUT2D eigenvalue weighted by molar-refractivity contribution is 7.89. The van der Waals surface area contributed by atoms with Crippen LogP contribution in [0.1, 0.15) is 42.5 Å². The van der Waals surface area contributed by atoms with E-state index in [-0.39, 0.29) is 16.8 Å². The third-order valence-corrected chi connectivity index (χ3v) is 9.33. The summed E-state index contributed by atoms with van der Waals surface area (Å²) in [5, 5.41) is 7.53. The van der Waals surface area contributed by atoms with Crippen molar-refractivity contribution in [1.82, 2.24) is 9.29 Å². The van der Waals surface area contributed by atoms with Crippen molar-refractivity contribution in [1.29, 1.82) is 0 Å². The molecule has 0 unspecified atom stereocenters. The Bertz CT molecular complexity index is 1460. The summed E-state index contributed by atoms with van der Waals surface area (Å²) in [6, 6.07) is 20.5. The predicted molar refractivity (Wildman–Crippen MR) is 141 cm³/mol. The van der Waals surface area contributed by atoms with Gasteiger partial charge in [0.1, 0.15) is 0 Å². The van der Waals surface area contributed by atoms with Gasteiger partial charge in [-0.2, -0.15) is 4.31 Å². The molecule has 35 heavy (non-hydrogen) atoms. The van der Waals surface area contributed by atoms with E-state index in [0.29, 0.717) is 10.7 Å². The van der Waals surface area contributed by atoms with Gasteiger partial charge >= 0.3 is 0 Å². The van der Waals surface area contributed by atoms with Crippen molar-refractivity contribution in [3.05, 3.63) is 77.7 Å². The second-order valence-electron chi connectivity index (χ2n) is 8.89. The first-order chi connectivity index (χ1) is 16.9. The number of hydrogen-bond acceptors (Lipinski definition) is 5. The molecule has 1 amide bonds. The van der Waals surface area contributed by atoms with Crippen LogP contribution in [0.15, 0.2) is 77.0 Å². The van der Waals surface area contributed by atoms with Gasteiger partial charge in [0, 0.05) is 29.6 Å². The molecule has 6 nitrogen and oxygen atoms in total. The third-order valence-electron chi connectivity index (χ3n) is 6.65. The topological polar surface area (TPSA) is 79.4 Å². The molecule has 1 aliphatic rings. The molecule has 0 aliphatic heterocycles. The number of anilines is 1. The number of hydrogen-bond donors (Lipinski definition) is 1. The van der Waals surface area contributed by atoms with Crippen LogP contribution in [0.2, 0.25) is 0 Å². The molecule has 0 atom stereocenters. The van der Waals surface area contributed by atoms with E-state index in [2.05, 4.69) is 34.6 Å². The van der Waals surface area contributed by atoms with Crippen LogP contribution in [0.25, 0.3) is 22.0 Å². The number of sulfonamides is 1. The van der Waals surface area contributed by atoms with Crippen LogP contribution in [0.5, 0.6) is 0 Å². The van der Waals surface area contributed by atoms with Crippen LogP contribution in [0.4, 0.5) is 5.13 Å². The van der Waals surface area contributed by atoms with E-state index < -0.39 is 10.0 Å². The van der Waals surface area contributed by atoms with E-state index in [9.17, 15) is 13.2 Å². The number of carbonyl (C=O) groups excluding carboxylic acids is 1. The van der Waals surface area contributed by atoms with Crippen molar-refractivity contribution in [2.75, 3.05) is 12.4 Å². The normalized spacial score (nSPS) is 14.9. The lowest BCUT2D eigenvalue weighted by molar-refractivity contribution is 0.102. The van der Waals surface area contributed by atoms with Gasteiger partial charge in [-0.3, -0.25) is 10.1 Å². The van der Waals surface area contributed by atoms with E-state index in [1.807, 2.05) is 23.6 Å². The average molecular weight is 506 g/mol. The highest BCUT2D eigenvalue weighted by Crippen LogP contribution is 2.29. The summed E-state index contributed by atoms with van der Waals surface area (Å²) in [6.45, 7) is 0. The number of nitrogens with one attached hydrogen (secondary N) is 1. The van der Waals surface area contributed by atoms with Crippen LogP contribution >= 0.6 is 11.3 Å². The van der Waals surface area contributed by atoms with Crippen LogP contribution < -0.4 is 5.32 Å². The quantitative estimate of drug-likeness (QED) is 0.340. The average Bonchev–Trinajstić information content (AvgIpc) is 3.37. The maximum Gasteiger partial charge on any atom is 0.257 e. The largest absolute Gasteiger partial charge is 0.298 e. The number of thiazole rings is 1. The van der Waals surface area contributed by atoms with Gasteiger partial charge in [-0.25, -0.2) is 13.4 Å². The van der Waals surface area contributed by atoms with Crippen molar-refractivity contribution in [3.8, 4) is 11.3 Å². The highest BCUT2D eigenvalue weighted by atomic mass is 32.2. The summed E-state index contributed by atoms with van der Waals surface area (Å²) in [4.78, 5) is 17.5. The fourth-order valence-corrected chi connectivity index (χ4v) is 6.70. The van der Waals surface area contributed by atoms with E-state index >= 15 is 0 Å². The predicted octanol–water partition coefficient (Wildman–Crippen LogP) is 6.17. The molecular formula is C27H27N3O3S2. The maximum absolute atomic E-state index is 13.0. The Morgan fingerprint density at radius 1 is 0.971 bits per heavy atom. The standard InChI is InChI=1S/C27H27N3O3S2/c1-30(23-9-3-2-4-10-23)35(32,33)24-15-13-20(14-16-24)26(31)29-27-28-25(18-34-27)22-12-11-19-7-5-6-8-21(19)17-22/h5-8,11-18,23H,2-4,9-10H2,1H3,(H,28,29,31). The lowest BCUT2D eigenvalue weighted by atomic mass is 9.96. The zero-order chi connectivity index (χ0) is 24.4. The van der Waals surface area contributed by atoms with Gasteiger partial charge in [0.05, 0.1) is 10.6 Å². The number of benzene rings is 3. The number of rotatable bonds is 6. The maximum atomic E-state index is 13.0. The van der Waals surface area contributed by atoms with E-state index in [1.165, 1.54) is 27.8 Å². The van der Waals surface area contributed by atoms with E-state index in [4.69, 9.17) is 0 Å². The first kappa shape index (κ1) is 23.7. The van der Waals surface area contributed by atoms with Crippen LogP contribution in [-0.4, -0.2) is 36.7 Å². The van der Waals surface area contributed by atoms with Gasteiger partial charge in [-0.05, 0) is 53.9 Å². The summed E-state index contributed by atoms with van der Waals surface area (Å²) in [5.74, 6) is -0.325. The van der Waals surface area contributed by atoms with Crippen molar-refractivity contribution in [3.63, 3.8) is 0 Å². The van der Waals surface area contributed by atoms with Gasteiger partial charge in [0.15, 0.2) is 5.13 Å². The van der Waals surface area contributed by atoms with Gasteiger partial charge in [0.25, 0.3) is 5.91 Å². The lowest BCUT2D eigenvalue weighted by Gasteiger charge is -2.30. The Morgan fingerprint density at radius 2 is 1.69 bits per heavy atom. The minimum atomic E-state index is -3.59. The van der Waals surface area contributed by atoms with Crippen molar-refractivity contribution >= 4 is 43.2 Å². The Balaban J connectivity index is 1.27. The molecule has 8 heteroatoms. The molecule has 0 radical (unpaired) electrons. The van der Waals surface area contributed by atoms with Crippen molar-refractivity contribution < 1.29 is 13.2 Å². The molecule has 1 saturated carbocycles. The van der Waals surface area contributed by atoms with Crippen LogP contribution in [0, 0.1) is 0 Å². The first-order valence-corrected chi connectivity index (χ1v) is 14.1. The lowest BCUT2D eigenvalue weighted by Crippen LogP contribution is -2.38. The molecule has 5 rings (SSSR count). The van der Waals surface area contributed by atoms with Gasteiger partial charge < -0.3 is 0 Å². The minimum Gasteiger partial charge on any atom is -0.298 e. The Morgan fingerprint density at radius 3 is 2.43 bits per heavy atom.